The molecule has 0 unspecified atom stereocenters. The van der Waals surface area contributed by atoms with Gasteiger partial charge in [-0.25, -0.2) is 9.78 Å². The van der Waals surface area contributed by atoms with Crippen molar-refractivity contribution in [3.63, 3.8) is 0 Å². The average molecular weight is 481 g/mol. The van der Waals surface area contributed by atoms with Gasteiger partial charge in [-0.15, -0.1) is 0 Å². The highest BCUT2D eigenvalue weighted by atomic mass is 79.9. The number of imidazole rings is 1. The first-order valence-corrected chi connectivity index (χ1v) is 10.00. The highest BCUT2D eigenvalue weighted by molar-refractivity contribution is 9.10. The molecule has 0 atom stereocenters. The summed E-state index contributed by atoms with van der Waals surface area (Å²) in [6, 6.07) is 15.1. The summed E-state index contributed by atoms with van der Waals surface area (Å²) in [5.41, 5.74) is 3.22. The fraction of sp³-hybridized carbons (Fsp3) is 0.0870. The van der Waals surface area contributed by atoms with Gasteiger partial charge < -0.3 is 19.6 Å². The van der Waals surface area contributed by atoms with Crippen LogP contribution in [0, 0.1) is 0 Å². The lowest BCUT2D eigenvalue weighted by Gasteiger charge is -2.11. The van der Waals surface area contributed by atoms with E-state index in [1.54, 1.807) is 48.5 Å². The van der Waals surface area contributed by atoms with Crippen molar-refractivity contribution in [3.05, 3.63) is 75.8 Å². The van der Waals surface area contributed by atoms with Crippen molar-refractivity contribution in [2.24, 2.45) is 0 Å². The first kappa shape index (κ1) is 20.6. The molecule has 0 aliphatic rings. The van der Waals surface area contributed by atoms with E-state index in [0.717, 1.165) is 5.56 Å². The predicted octanol–water partition coefficient (Wildman–Crippen LogP) is 4.94. The molecule has 0 spiro atoms. The van der Waals surface area contributed by atoms with Gasteiger partial charge in [-0.3, -0.25) is 4.79 Å². The Labute approximate surface area is 185 Å². The van der Waals surface area contributed by atoms with Crippen LogP contribution in [-0.4, -0.2) is 41.0 Å². The summed E-state index contributed by atoms with van der Waals surface area (Å²) < 4.78 is 11.2. The predicted molar refractivity (Wildman–Crippen MR) is 119 cm³/mol. The van der Waals surface area contributed by atoms with Crippen LogP contribution < -0.4 is 9.47 Å². The molecule has 2 N–H and O–H groups in total. The number of ketones is 1. The molecule has 0 bridgehead atoms. The van der Waals surface area contributed by atoms with Gasteiger partial charge in [0.1, 0.15) is 5.82 Å². The molecule has 0 fully saturated rings. The highest BCUT2D eigenvalue weighted by Gasteiger charge is 2.17. The number of aromatic carboxylic acids is 1. The molecule has 0 radical (unpaired) electrons. The average Bonchev–Trinajstić information content (AvgIpc) is 3.21. The number of ether oxygens (including phenoxy) is 2. The van der Waals surface area contributed by atoms with Crippen molar-refractivity contribution in [3.8, 4) is 22.9 Å². The number of rotatable bonds is 6. The number of benzene rings is 3. The lowest BCUT2D eigenvalue weighted by atomic mass is 10.0. The summed E-state index contributed by atoms with van der Waals surface area (Å²) in [5, 5.41) is 9.14. The van der Waals surface area contributed by atoms with E-state index in [-0.39, 0.29) is 11.3 Å². The van der Waals surface area contributed by atoms with E-state index in [2.05, 4.69) is 25.9 Å². The molecule has 4 aromatic rings. The Morgan fingerprint density at radius 3 is 2.29 bits per heavy atom. The van der Waals surface area contributed by atoms with E-state index in [1.807, 2.05) is 0 Å². The van der Waals surface area contributed by atoms with Crippen molar-refractivity contribution in [1.29, 1.82) is 0 Å². The van der Waals surface area contributed by atoms with Gasteiger partial charge in [-0.1, -0.05) is 24.3 Å². The monoisotopic (exact) mass is 480 g/mol. The molecule has 0 saturated carbocycles. The minimum atomic E-state index is -0.997. The van der Waals surface area contributed by atoms with Crippen LogP contribution >= 0.6 is 15.9 Å². The smallest absolute Gasteiger partial charge is 0.335 e. The Hall–Kier alpha value is -3.65. The number of nitrogens with one attached hydrogen (secondary N) is 1. The summed E-state index contributed by atoms with van der Waals surface area (Å²) >= 11 is 3.41. The van der Waals surface area contributed by atoms with Crippen LogP contribution in [0.2, 0.25) is 0 Å². The highest BCUT2D eigenvalue weighted by Crippen LogP contribution is 2.37. The van der Waals surface area contributed by atoms with E-state index < -0.39 is 5.97 Å². The first-order chi connectivity index (χ1) is 14.9. The molecular weight excluding hydrogens is 464 g/mol. The standard InChI is InChI=1S/C23H17BrN2O5/c1-30-19-11-15(9-16(24)21(19)31-2)20(27)12-3-5-13(6-4-12)22-25-17-8-7-14(23(28)29)10-18(17)26-22/h3-11H,1-2H3,(H,25,26)(H,28,29). The molecule has 4 rings (SSSR count). The molecule has 156 valence electrons. The summed E-state index contributed by atoms with van der Waals surface area (Å²) in [6.07, 6.45) is 0. The molecule has 3 aromatic carbocycles. The number of carboxylic acids is 1. The molecule has 31 heavy (non-hydrogen) atoms. The number of fused-ring (bicyclic) bond motifs is 1. The van der Waals surface area contributed by atoms with Crippen molar-refractivity contribution in [1.82, 2.24) is 9.97 Å². The van der Waals surface area contributed by atoms with Gasteiger partial charge in [-0.05, 0) is 46.3 Å². The zero-order valence-corrected chi connectivity index (χ0v) is 18.2. The van der Waals surface area contributed by atoms with E-state index in [9.17, 15) is 9.59 Å². The number of nitrogens with zero attached hydrogens (tertiary/aromatic N) is 1. The van der Waals surface area contributed by atoms with Crippen LogP contribution in [0.4, 0.5) is 0 Å². The lowest BCUT2D eigenvalue weighted by molar-refractivity contribution is 0.0697. The largest absolute Gasteiger partial charge is 0.493 e. The molecule has 0 saturated heterocycles. The van der Waals surface area contributed by atoms with Gasteiger partial charge in [0.25, 0.3) is 0 Å². The quantitative estimate of drug-likeness (QED) is 0.379. The fourth-order valence-corrected chi connectivity index (χ4v) is 3.88. The van der Waals surface area contributed by atoms with Crippen molar-refractivity contribution >= 4 is 38.7 Å². The number of carbonyl (C=O) groups excluding carboxylic acids is 1. The van der Waals surface area contributed by atoms with Gasteiger partial charge in [0, 0.05) is 16.7 Å². The molecule has 1 aromatic heterocycles. The van der Waals surface area contributed by atoms with Crippen LogP contribution in [-0.2, 0) is 0 Å². The van der Waals surface area contributed by atoms with Crippen LogP contribution in [0.5, 0.6) is 11.5 Å². The second-order valence-corrected chi connectivity index (χ2v) is 7.58. The van der Waals surface area contributed by atoms with E-state index in [1.165, 1.54) is 20.3 Å². The van der Waals surface area contributed by atoms with E-state index >= 15 is 0 Å². The van der Waals surface area contributed by atoms with Gasteiger partial charge in [0.15, 0.2) is 17.3 Å². The SMILES string of the molecule is COc1cc(C(=O)c2ccc(-c3nc4ccc(C(=O)O)cc4[nH]3)cc2)cc(Br)c1OC. The second kappa shape index (κ2) is 8.23. The van der Waals surface area contributed by atoms with E-state index in [0.29, 0.717) is 44.0 Å². The van der Waals surface area contributed by atoms with Gasteiger partial charge in [0.05, 0.1) is 35.3 Å². The second-order valence-electron chi connectivity index (χ2n) is 6.72. The summed E-state index contributed by atoms with van der Waals surface area (Å²) in [7, 11) is 3.05. The Kier molecular flexibility index (Phi) is 5.48. The number of aromatic nitrogens is 2. The number of hydrogen-bond donors (Lipinski definition) is 2. The molecule has 1 heterocycles. The van der Waals surface area contributed by atoms with Crippen LogP contribution in [0.15, 0.2) is 59.1 Å². The first-order valence-electron chi connectivity index (χ1n) is 9.21. The Morgan fingerprint density at radius 1 is 0.935 bits per heavy atom. The Balaban J connectivity index is 1.64. The van der Waals surface area contributed by atoms with Gasteiger partial charge >= 0.3 is 5.97 Å². The zero-order valence-electron chi connectivity index (χ0n) is 16.6. The number of aromatic amines is 1. The summed E-state index contributed by atoms with van der Waals surface area (Å²) in [6.45, 7) is 0. The summed E-state index contributed by atoms with van der Waals surface area (Å²) in [5.74, 6) is 0.405. The van der Waals surface area contributed by atoms with Crippen LogP contribution in [0.1, 0.15) is 26.3 Å². The maximum absolute atomic E-state index is 13.0. The fourth-order valence-electron chi connectivity index (χ4n) is 3.27. The third-order valence-corrected chi connectivity index (χ3v) is 5.43. The van der Waals surface area contributed by atoms with Crippen LogP contribution in [0.3, 0.4) is 0 Å². The van der Waals surface area contributed by atoms with Crippen LogP contribution in [0.25, 0.3) is 22.4 Å². The lowest BCUT2D eigenvalue weighted by Crippen LogP contribution is -2.03. The van der Waals surface area contributed by atoms with E-state index in [4.69, 9.17) is 14.6 Å². The summed E-state index contributed by atoms with van der Waals surface area (Å²) in [4.78, 5) is 31.7. The third kappa shape index (κ3) is 3.89. The third-order valence-electron chi connectivity index (χ3n) is 4.85. The maximum Gasteiger partial charge on any atom is 0.335 e. The molecule has 0 amide bonds. The number of hydrogen-bond acceptors (Lipinski definition) is 5. The zero-order chi connectivity index (χ0) is 22.1. The van der Waals surface area contributed by atoms with Gasteiger partial charge in [0.2, 0.25) is 0 Å². The number of carbonyl (C=O) groups is 2. The number of methoxy groups -OCH3 is 2. The van der Waals surface area contributed by atoms with Crippen molar-refractivity contribution in [2.75, 3.05) is 14.2 Å². The Morgan fingerprint density at radius 2 is 1.65 bits per heavy atom. The topological polar surface area (TPSA) is 102 Å². The Bertz CT molecular complexity index is 1310. The molecule has 8 heteroatoms. The minimum Gasteiger partial charge on any atom is -0.493 e. The molecule has 0 aliphatic heterocycles. The molecule has 0 aliphatic carbocycles. The maximum atomic E-state index is 13.0. The van der Waals surface area contributed by atoms with Crippen molar-refractivity contribution < 1.29 is 24.2 Å². The number of halogens is 1. The minimum absolute atomic E-state index is 0.163. The van der Waals surface area contributed by atoms with Gasteiger partial charge in [-0.2, -0.15) is 0 Å². The molecule has 7 nitrogen and oxygen atoms in total. The van der Waals surface area contributed by atoms with Crippen molar-refractivity contribution in [2.45, 2.75) is 0 Å². The number of carboxylic acid groups (broad SMARTS) is 1. The normalized spacial score (nSPS) is 10.8. The molecular formula is C23H17BrN2O5. The number of H-pyrrole nitrogens is 1.